The van der Waals surface area contributed by atoms with E-state index < -0.39 is 0 Å². The lowest BCUT2D eigenvalue weighted by molar-refractivity contribution is -0.203. The van der Waals surface area contributed by atoms with Crippen LogP contribution in [0.2, 0.25) is 0 Å². The standard InChI is InChI=1S/C23H36N2O/c1-21(2,3)20-18-19(16-12-9-8-10-13-16)24(7)26-23(18)15-11-14-17(23)25(20)22(4,5)6/h8-10,12-13,17-20H,11,14-15H2,1-7H3. The van der Waals surface area contributed by atoms with E-state index in [9.17, 15) is 0 Å². The van der Waals surface area contributed by atoms with Crippen LogP contribution in [0.4, 0.5) is 0 Å². The Kier molecular flexibility index (Phi) is 4.12. The summed E-state index contributed by atoms with van der Waals surface area (Å²) in [6.45, 7) is 14.4. The molecule has 4 rings (SSSR count). The molecular weight excluding hydrogens is 320 g/mol. The Balaban J connectivity index is 1.88. The Morgan fingerprint density at radius 2 is 1.69 bits per heavy atom. The van der Waals surface area contributed by atoms with Gasteiger partial charge in [0.2, 0.25) is 0 Å². The molecule has 1 aliphatic carbocycles. The van der Waals surface area contributed by atoms with Crippen molar-refractivity contribution < 1.29 is 4.84 Å². The van der Waals surface area contributed by atoms with E-state index in [4.69, 9.17) is 4.84 Å². The fraction of sp³-hybridized carbons (Fsp3) is 0.739. The molecule has 0 radical (unpaired) electrons. The number of rotatable bonds is 1. The van der Waals surface area contributed by atoms with Gasteiger partial charge in [0.05, 0.1) is 6.04 Å². The van der Waals surface area contributed by atoms with Gasteiger partial charge in [-0.3, -0.25) is 9.74 Å². The highest BCUT2D eigenvalue weighted by atomic mass is 16.7. The smallest absolute Gasteiger partial charge is 0.112 e. The molecule has 1 spiro atoms. The van der Waals surface area contributed by atoms with E-state index >= 15 is 0 Å². The number of hydrogen-bond donors (Lipinski definition) is 0. The summed E-state index contributed by atoms with van der Waals surface area (Å²) in [6, 6.07) is 12.4. The second kappa shape index (κ2) is 5.80. The summed E-state index contributed by atoms with van der Waals surface area (Å²) in [5.74, 6) is 0.502. The SMILES string of the molecule is CN1OC23CCCC2N(C(C)(C)C)C(C(C)(C)C)C3C1c1ccccc1. The lowest BCUT2D eigenvalue weighted by atomic mass is 9.70. The molecule has 0 amide bonds. The van der Waals surface area contributed by atoms with E-state index in [-0.39, 0.29) is 16.6 Å². The first-order valence-electron chi connectivity index (χ1n) is 10.3. The fourth-order valence-corrected chi connectivity index (χ4v) is 6.45. The fourth-order valence-electron chi connectivity index (χ4n) is 6.45. The van der Waals surface area contributed by atoms with Crippen molar-refractivity contribution >= 4 is 0 Å². The zero-order valence-electron chi connectivity index (χ0n) is 17.6. The Morgan fingerprint density at radius 1 is 1.04 bits per heavy atom. The van der Waals surface area contributed by atoms with E-state index in [2.05, 4.69) is 88.9 Å². The maximum absolute atomic E-state index is 6.81. The quantitative estimate of drug-likeness (QED) is 0.701. The molecule has 5 unspecified atom stereocenters. The molecular formula is C23H36N2O. The van der Waals surface area contributed by atoms with Crippen molar-refractivity contribution in [3.63, 3.8) is 0 Å². The second-order valence-electron chi connectivity index (χ2n) is 10.8. The Hall–Kier alpha value is -0.900. The highest BCUT2D eigenvalue weighted by molar-refractivity contribution is 5.29. The Morgan fingerprint density at radius 3 is 2.27 bits per heavy atom. The number of benzene rings is 1. The topological polar surface area (TPSA) is 15.7 Å². The van der Waals surface area contributed by atoms with E-state index in [1.54, 1.807) is 0 Å². The molecule has 2 heterocycles. The maximum Gasteiger partial charge on any atom is 0.112 e. The van der Waals surface area contributed by atoms with Crippen molar-refractivity contribution in [1.29, 1.82) is 0 Å². The summed E-state index contributed by atoms with van der Waals surface area (Å²) in [4.78, 5) is 9.65. The number of hydroxylamine groups is 2. The predicted octanol–water partition coefficient (Wildman–Crippen LogP) is 5.04. The number of likely N-dealkylation sites (tertiary alicyclic amines) is 1. The van der Waals surface area contributed by atoms with Crippen LogP contribution in [-0.2, 0) is 4.84 Å². The van der Waals surface area contributed by atoms with Gasteiger partial charge in [0, 0.05) is 30.6 Å². The van der Waals surface area contributed by atoms with Crippen LogP contribution in [0.3, 0.4) is 0 Å². The van der Waals surface area contributed by atoms with Gasteiger partial charge in [-0.05, 0) is 51.0 Å². The van der Waals surface area contributed by atoms with Gasteiger partial charge in [0.25, 0.3) is 0 Å². The largest absolute Gasteiger partial charge is 0.290 e. The molecule has 1 aromatic rings. The molecule has 2 aliphatic heterocycles. The molecule has 3 nitrogen and oxygen atoms in total. The number of hydrogen-bond acceptors (Lipinski definition) is 3. The average Bonchev–Trinajstić information content (AvgIpc) is 3.11. The van der Waals surface area contributed by atoms with Gasteiger partial charge in [-0.1, -0.05) is 51.1 Å². The van der Waals surface area contributed by atoms with Crippen LogP contribution < -0.4 is 0 Å². The zero-order valence-corrected chi connectivity index (χ0v) is 17.6. The third-order valence-electron chi connectivity index (χ3n) is 7.00. The first-order chi connectivity index (χ1) is 12.1. The minimum atomic E-state index is -0.0273. The van der Waals surface area contributed by atoms with Crippen LogP contribution in [0.15, 0.2) is 30.3 Å². The second-order valence-corrected chi connectivity index (χ2v) is 10.8. The maximum atomic E-state index is 6.81. The molecule has 3 aliphatic rings. The predicted molar refractivity (Wildman–Crippen MR) is 107 cm³/mol. The van der Waals surface area contributed by atoms with Crippen LogP contribution in [0.1, 0.15) is 72.4 Å². The van der Waals surface area contributed by atoms with Crippen molar-refractivity contribution in [3.8, 4) is 0 Å². The van der Waals surface area contributed by atoms with Gasteiger partial charge in [-0.25, -0.2) is 0 Å². The molecule has 5 atom stereocenters. The summed E-state index contributed by atoms with van der Waals surface area (Å²) >= 11 is 0. The van der Waals surface area contributed by atoms with Crippen molar-refractivity contribution in [2.75, 3.05) is 7.05 Å². The molecule has 3 fully saturated rings. The molecule has 0 aromatic heterocycles. The summed E-state index contributed by atoms with van der Waals surface area (Å²) < 4.78 is 0. The summed E-state index contributed by atoms with van der Waals surface area (Å²) in [5.41, 5.74) is 1.72. The first kappa shape index (κ1) is 18.5. The van der Waals surface area contributed by atoms with E-state index in [0.717, 1.165) is 0 Å². The highest BCUT2D eigenvalue weighted by Gasteiger charge is 2.71. The molecule has 0 bridgehead atoms. The lowest BCUT2D eigenvalue weighted by Gasteiger charge is -2.48. The average molecular weight is 357 g/mol. The molecule has 3 heteroatoms. The van der Waals surface area contributed by atoms with E-state index in [0.29, 0.717) is 24.0 Å². The molecule has 2 saturated heterocycles. The Labute approximate surface area is 159 Å². The summed E-state index contributed by atoms with van der Waals surface area (Å²) in [7, 11) is 2.15. The van der Waals surface area contributed by atoms with Gasteiger partial charge < -0.3 is 0 Å². The zero-order chi connectivity index (χ0) is 18.9. The highest BCUT2D eigenvalue weighted by Crippen LogP contribution is 2.64. The van der Waals surface area contributed by atoms with Gasteiger partial charge >= 0.3 is 0 Å². The summed E-state index contributed by atoms with van der Waals surface area (Å²) in [6.07, 6.45) is 3.73. The summed E-state index contributed by atoms with van der Waals surface area (Å²) in [5, 5.41) is 2.19. The minimum Gasteiger partial charge on any atom is -0.290 e. The Bertz CT molecular complexity index is 659. The molecule has 1 aromatic carbocycles. The molecule has 0 N–H and O–H groups in total. The molecule has 26 heavy (non-hydrogen) atoms. The van der Waals surface area contributed by atoms with Crippen molar-refractivity contribution in [2.24, 2.45) is 11.3 Å². The monoisotopic (exact) mass is 356 g/mol. The van der Waals surface area contributed by atoms with Gasteiger partial charge in [0.1, 0.15) is 5.60 Å². The third kappa shape index (κ3) is 2.51. The van der Waals surface area contributed by atoms with Crippen LogP contribution >= 0.6 is 0 Å². The number of nitrogens with zero attached hydrogens (tertiary/aromatic N) is 2. The van der Waals surface area contributed by atoms with Crippen molar-refractivity contribution in [3.05, 3.63) is 35.9 Å². The van der Waals surface area contributed by atoms with Crippen LogP contribution in [0.25, 0.3) is 0 Å². The third-order valence-corrected chi connectivity index (χ3v) is 7.00. The van der Waals surface area contributed by atoms with E-state index in [1.165, 1.54) is 24.8 Å². The first-order valence-corrected chi connectivity index (χ1v) is 10.3. The van der Waals surface area contributed by atoms with Crippen molar-refractivity contribution in [1.82, 2.24) is 9.96 Å². The van der Waals surface area contributed by atoms with Crippen molar-refractivity contribution in [2.45, 2.75) is 90.1 Å². The normalized spacial score (nSPS) is 38.6. The van der Waals surface area contributed by atoms with Crippen LogP contribution in [-0.4, -0.2) is 40.2 Å². The minimum absolute atomic E-state index is 0.0273. The molecule has 144 valence electrons. The van der Waals surface area contributed by atoms with Gasteiger partial charge in [-0.15, -0.1) is 0 Å². The van der Waals surface area contributed by atoms with Crippen LogP contribution in [0, 0.1) is 11.3 Å². The lowest BCUT2D eigenvalue weighted by Crippen LogP contribution is -2.56. The van der Waals surface area contributed by atoms with E-state index in [1.807, 2.05) is 0 Å². The van der Waals surface area contributed by atoms with Gasteiger partial charge in [0.15, 0.2) is 0 Å². The molecule has 1 saturated carbocycles. The van der Waals surface area contributed by atoms with Crippen LogP contribution in [0.5, 0.6) is 0 Å². The van der Waals surface area contributed by atoms with Gasteiger partial charge in [-0.2, -0.15) is 5.06 Å².